The second kappa shape index (κ2) is 14.1. The molecule has 2 aromatic rings. The Morgan fingerprint density at radius 1 is 0.943 bits per heavy atom. The average Bonchev–Trinajstić information content (AvgIpc) is 2.84. The predicted octanol–water partition coefficient (Wildman–Crippen LogP) is 6.01. The minimum Gasteiger partial charge on any atom is -0.493 e. The van der Waals surface area contributed by atoms with Crippen molar-refractivity contribution in [1.29, 1.82) is 0 Å². The molecule has 0 aliphatic heterocycles. The first-order valence-corrected chi connectivity index (χ1v) is 12.2. The van der Waals surface area contributed by atoms with Crippen molar-refractivity contribution in [3.63, 3.8) is 0 Å². The van der Waals surface area contributed by atoms with Gasteiger partial charge >= 0.3 is 5.97 Å². The molecular weight excluding hydrogens is 464 g/mol. The quantitative estimate of drug-likeness (QED) is 0.267. The van der Waals surface area contributed by atoms with Gasteiger partial charge in [0.05, 0.1) is 13.2 Å². The van der Waals surface area contributed by atoms with Gasteiger partial charge in [-0.25, -0.2) is 0 Å². The van der Waals surface area contributed by atoms with E-state index in [0.29, 0.717) is 18.6 Å². The number of hydrogen-bond acceptors (Lipinski definition) is 5. The Hall–Kier alpha value is -2.60. The van der Waals surface area contributed by atoms with Gasteiger partial charge in [0.25, 0.3) is 5.91 Å². The van der Waals surface area contributed by atoms with Crippen LogP contribution in [0.3, 0.4) is 0 Å². The topological polar surface area (TPSA) is 77.5 Å². The second-order valence-electron chi connectivity index (χ2n) is 9.85. The number of rotatable bonds is 13. The summed E-state index contributed by atoms with van der Waals surface area (Å²) in [5.74, 6) is 0.372. The summed E-state index contributed by atoms with van der Waals surface area (Å²) in [6.45, 7) is 14.3. The summed E-state index contributed by atoms with van der Waals surface area (Å²) in [7, 11) is 0. The zero-order chi connectivity index (χ0) is 25.2. The lowest BCUT2D eigenvalue weighted by Crippen LogP contribution is -2.28. The highest BCUT2D eigenvalue weighted by molar-refractivity contribution is 5.93. The lowest BCUT2D eigenvalue weighted by Gasteiger charge is -2.30. The highest BCUT2D eigenvalue weighted by Crippen LogP contribution is 2.38. The van der Waals surface area contributed by atoms with Crippen LogP contribution in [-0.4, -0.2) is 36.6 Å². The van der Waals surface area contributed by atoms with Crippen molar-refractivity contribution in [1.82, 2.24) is 10.3 Å². The number of carbonyl (C=O) groups excluding carboxylic acids is 2. The standard InChI is InChI=1S/C28H40N2O4.ClH/c1-7-27(3,4)22-11-12-24(23(20-22)28(5,6)8-2)33-18-9-10-25(31)34-19-17-30-26(32)21-13-15-29-16-14-21;/h11-16,20H,7-10,17-19H2,1-6H3,(H,30,32);1H. The van der Waals surface area contributed by atoms with Gasteiger partial charge in [-0.1, -0.05) is 53.7 Å². The van der Waals surface area contributed by atoms with E-state index in [1.165, 1.54) is 11.1 Å². The number of hydrogen-bond donors (Lipinski definition) is 1. The number of carbonyl (C=O) groups is 2. The molecule has 0 unspecified atom stereocenters. The second-order valence-corrected chi connectivity index (χ2v) is 9.85. The van der Waals surface area contributed by atoms with E-state index in [1.807, 2.05) is 0 Å². The lowest BCUT2D eigenvalue weighted by atomic mass is 9.76. The summed E-state index contributed by atoms with van der Waals surface area (Å²) >= 11 is 0. The minimum atomic E-state index is -0.295. The number of benzene rings is 1. The van der Waals surface area contributed by atoms with E-state index in [1.54, 1.807) is 24.5 Å². The molecule has 0 atom stereocenters. The third-order valence-corrected chi connectivity index (χ3v) is 6.63. The fourth-order valence-corrected chi connectivity index (χ4v) is 3.41. The number of pyridine rings is 1. The maximum atomic E-state index is 12.0. The summed E-state index contributed by atoms with van der Waals surface area (Å²) in [4.78, 5) is 27.9. The maximum Gasteiger partial charge on any atom is 0.305 e. The summed E-state index contributed by atoms with van der Waals surface area (Å²) in [6.07, 6.45) is 6.02. The van der Waals surface area contributed by atoms with Crippen LogP contribution in [0.1, 0.15) is 88.7 Å². The maximum absolute atomic E-state index is 12.0. The monoisotopic (exact) mass is 504 g/mol. The molecule has 2 rings (SSSR count). The highest BCUT2D eigenvalue weighted by Gasteiger charge is 2.26. The Labute approximate surface area is 216 Å². The number of esters is 1. The van der Waals surface area contributed by atoms with Gasteiger partial charge in [-0.15, -0.1) is 12.4 Å². The lowest BCUT2D eigenvalue weighted by molar-refractivity contribution is -0.143. The molecule has 0 bridgehead atoms. The first kappa shape index (κ1) is 30.4. The molecule has 0 fully saturated rings. The van der Waals surface area contributed by atoms with Gasteiger partial charge in [0, 0.05) is 29.9 Å². The van der Waals surface area contributed by atoms with Gasteiger partial charge in [-0.2, -0.15) is 0 Å². The number of ether oxygens (including phenoxy) is 2. The third kappa shape index (κ3) is 9.17. The van der Waals surface area contributed by atoms with Crippen LogP contribution in [0.5, 0.6) is 5.75 Å². The first-order chi connectivity index (χ1) is 16.1. The molecule has 0 aliphatic rings. The van der Waals surface area contributed by atoms with Crippen molar-refractivity contribution in [2.45, 2.75) is 78.1 Å². The van der Waals surface area contributed by atoms with E-state index in [0.717, 1.165) is 18.6 Å². The highest BCUT2D eigenvalue weighted by atomic mass is 35.5. The average molecular weight is 505 g/mol. The summed E-state index contributed by atoms with van der Waals surface area (Å²) in [6, 6.07) is 9.78. The van der Waals surface area contributed by atoms with Gasteiger partial charge in [-0.3, -0.25) is 14.6 Å². The van der Waals surface area contributed by atoms with E-state index >= 15 is 0 Å². The molecule has 0 radical (unpaired) electrons. The van der Waals surface area contributed by atoms with Crippen LogP contribution in [0.2, 0.25) is 0 Å². The molecule has 6 nitrogen and oxygen atoms in total. The smallest absolute Gasteiger partial charge is 0.305 e. The van der Waals surface area contributed by atoms with Crippen molar-refractivity contribution >= 4 is 24.3 Å². The molecule has 7 heteroatoms. The molecule has 1 N–H and O–H groups in total. The Bertz CT molecular complexity index is 945. The van der Waals surface area contributed by atoms with Gasteiger partial charge in [0.2, 0.25) is 0 Å². The molecule has 1 amide bonds. The van der Waals surface area contributed by atoms with Crippen molar-refractivity contribution in [2.75, 3.05) is 19.8 Å². The number of aromatic nitrogens is 1. The first-order valence-electron chi connectivity index (χ1n) is 12.2. The molecule has 1 heterocycles. The van der Waals surface area contributed by atoms with E-state index in [2.05, 4.69) is 70.0 Å². The summed E-state index contributed by atoms with van der Waals surface area (Å²) in [5, 5.41) is 2.72. The fraction of sp³-hybridized carbons (Fsp3) is 0.536. The Balaban J connectivity index is 0.00000612. The Morgan fingerprint density at radius 2 is 1.60 bits per heavy atom. The minimum absolute atomic E-state index is 0. The van der Waals surface area contributed by atoms with Crippen LogP contribution in [0.4, 0.5) is 0 Å². The van der Waals surface area contributed by atoms with Crippen LogP contribution in [-0.2, 0) is 20.4 Å². The van der Waals surface area contributed by atoms with Crippen LogP contribution < -0.4 is 10.1 Å². The van der Waals surface area contributed by atoms with Gasteiger partial charge in [0.1, 0.15) is 12.4 Å². The largest absolute Gasteiger partial charge is 0.493 e. The zero-order valence-electron chi connectivity index (χ0n) is 22.0. The molecule has 194 valence electrons. The van der Waals surface area contributed by atoms with Gasteiger partial charge in [0.15, 0.2) is 0 Å². The van der Waals surface area contributed by atoms with Crippen molar-refractivity contribution in [3.8, 4) is 5.75 Å². The van der Waals surface area contributed by atoms with Gasteiger partial charge in [-0.05, 0) is 53.9 Å². The van der Waals surface area contributed by atoms with E-state index in [4.69, 9.17) is 9.47 Å². The number of nitrogens with one attached hydrogen (secondary N) is 1. The normalized spacial score (nSPS) is 11.4. The van der Waals surface area contributed by atoms with Crippen molar-refractivity contribution < 1.29 is 19.1 Å². The molecule has 0 saturated heterocycles. The van der Waals surface area contributed by atoms with E-state index < -0.39 is 0 Å². The van der Waals surface area contributed by atoms with Crippen molar-refractivity contribution in [3.05, 3.63) is 59.4 Å². The van der Waals surface area contributed by atoms with Gasteiger partial charge < -0.3 is 14.8 Å². The third-order valence-electron chi connectivity index (χ3n) is 6.63. The molecule has 0 saturated carbocycles. The Morgan fingerprint density at radius 3 is 2.23 bits per heavy atom. The van der Waals surface area contributed by atoms with Crippen molar-refractivity contribution in [2.24, 2.45) is 0 Å². The number of halogens is 1. The van der Waals surface area contributed by atoms with Crippen LogP contribution >= 0.6 is 12.4 Å². The molecular formula is C28H41ClN2O4. The summed E-state index contributed by atoms with van der Waals surface area (Å²) < 4.78 is 11.3. The van der Waals surface area contributed by atoms with Crippen LogP contribution in [0.25, 0.3) is 0 Å². The number of amides is 1. The molecule has 0 aliphatic carbocycles. The number of nitrogens with zero attached hydrogens (tertiary/aromatic N) is 1. The zero-order valence-corrected chi connectivity index (χ0v) is 22.8. The van der Waals surface area contributed by atoms with E-state index in [9.17, 15) is 9.59 Å². The molecule has 1 aromatic carbocycles. The SMILES string of the molecule is CCC(C)(C)c1ccc(OCCCC(=O)OCCNC(=O)c2ccncc2)c(C(C)(C)CC)c1.Cl. The fourth-order valence-electron chi connectivity index (χ4n) is 3.41. The summed E-state index contributed by atoms with van der Waals surface area (Å²) in [5.41, 5.74) is 3.16. The van der Waals surface area contributed by atoms with E-state index in [-0.39, 0.29) is 54.7 Å². The Kier molecular flexibility index (Phi) is 12.2. The molecule has 0 spiro atoms. The van der Waals surface area contributed by atoms with Crippen LogP contribution in [0, 0.1) is 0 Å². The molecule has 35 heavy (non-hydrogen) atoms. The predicted molar refractivity (Wildman–Crippen MR) is 143 cm³/mol. The molecule has 1 aromatic heterocycles. The van der Waals surface area contributed by atoms with Crippen LogP contribution in [0.15, 0.2) is 42.7 Å².